The summed E-state index contributed by atoms with van der Waals surface area (Å²) in [5, 5.41) is 12.4. The predicted octanol–water partition coefficient (Wildman–Crippen LogP) is 2.04. The normalized spacial score (nSPS) is 11.1. The molecule has 0 atom stereocenters. The molecule has 0 saturated heterocycles. The minimum Gasteiger partial charge on any atom is -0.508 e. The number of rotatable bonds is 4. The van der Waals surface area contributed by atoms with Crippen LogP contribution in [0.15, 0.2) is 39.7 Å². The average Bonchev–Trinajstić information content (AvgIpc) is 2.44. The number of phenols is 1. The molecule has 0 spiro atoms. The number of fused-ring (bicyclic) bond motifs is 1. The van der Waals surface area contributed by atoms with Gasteiger partial charge in [0, 0.05) is 18.7 Å². The SMILES string of the molecule is CCCNC(=O)/C=C/c1coc2cc(O)ccc2c1=O. The van der Waals surface area contributed by atoms with Crippen LogP contribution in [0.2, 0.25) is 0 Å². The van der Waals surface area contributed by atoms with E-state index in [1.807, 2.05) is 6.92 Å². The second-order valence-corrected chi connectivity index (χ2v) is 4.32. The third-order valence-corrected chi connectivity index (χ3v) is 2.75. The minimum absolute atomic E-state index is 0.0304. The van der Waals surface area contributed by atoms with Gasteiger partial charge in [0.15, 0.2) is 5.43 Å². The first-order chi connectivity index (χ1) is 9.61. The van der Waals surface area contributed by atoms with Crippen LogP contribution >= 0.6 is 0 Å². The average molecular weight is 273 g/mol. The molecule has 2 N–H and O–H groups in total. The Morgan fingerprint density at radius 1 is 1.45 bits per heavy atom. The summed E-state index contributed by atoms with van der Waals surface area (Å²) in [5.74, 6) is -0.222. The van der Waals surface area contributed by atoms with Gasteiger partial charge >= 0.3 is 0 Å². The number of carbonyl (C=O) groups is 1. The van der Waals surface area contributed by atoms with E-state index in [-0.39, 0.29) is 22.6 Å². The highest BCUT2D eigenvalue weighted by molar-refractivity contribution is 5.92. The van der Waals surface area contributed by atoms with Gasteiger partial charge < -0.3 is 14.8 Å². The van der Waals surface area contributed by atoms with Gasteiger partial charge in [0.2, 0.25) is 5.91 Å². The molecule has 0 fully saturated rings. The van der Waals surface area contributed by atoms with Gasteiger partial charge in [-0.1, -0.05) is 6.92 Å². The van der Waals surface area contributed by atoms with E-state index >= 15 is 0 Å². The number of phenolic OH excluding ortho intramolecular Hbond substituents is 1. The first-order valence-corrected chi connectivity index (χ1v) is 6.32. The van der Waals surface area contributed by atoms with Crippen molar-refractivity contribution in [1.82, 2.24) is 5.32 Å². The molecule has 1 heterocycles. The largest absolute Gasteiger partial charge is 0.508 e. The van der Waals surface area contributed by atoms with E-state index in [2.05, 4.69) is 5.32 Å². The molecule has 0 aliphatic rings. The standard InChI is InChI=1S/C15H15NO4/c1-2-7-16-14(18)6-3-10-9-20-13-8-11(17)4-5-12(13)15(10)19/h3-6,8-9,17H,2,7H2,1H3,(H,16,18)/b6-3+. The third-order valence-electron chi connectivity index (χ3n) is 2.75. The molecular formula is C15H15NO4. The fourth-order valence-corrected chi connectivity index (χ4v) is 1.72. The summed E-state index contributed by atoms with van der Waals surface area (Å²) in [5.41, 5.74) is 0.350. The van der Waals surface area contributed by atoms with Crippen molar-refractivity contribution < 1.29 is 14.3 Å². The van der Waals surface area contributed by atoms with Gasteiger partial charge in [0.25, 0.3) is 0 Å². The first-order valence-electron chi connectivity index (χ1n) is 6.32. The van der Waals surface area contributed by atoms with Gasteiger partial charge in [0.05, 0.1) is 10.9 Å². The molecule has 0 aliphatic carbocycles. The van der Waals surface area contributed by atoms with Gasteiger partial charge in [-0.25, -0.2) is 0 Å². The Hall–Kier alpha value is -2.56. The van der Waals surface area contributed by atoms with Gasteiger partial charge in [-0.05, 0) is 24.6 Å². The smallest absolute Gasteiger partial charge is 0.244 e. The zero-order chi connectivity index (χ0) is 14.5. The molecule has 0 bridgehead atoms. The maximum atomic E-state index is 12.1. The maximum Gasteiger partial charge on any atom is 0.244 e. The number of amides is 1. The van der Waals surface area contributed by atoms with Crippen molar-refractivity contribution in [3.05, 3.63) is 46.3 Å². The molecule has 20 heavy (non-hydrogen) atoms. The molecule has 0 saturated carbocycles. The molecule has 1 aromatic carbocycles. The van der Waals surface area contributed by atoms with Gasteiger partial charge in [-0.3, -0.25) is 9.59 Å². The minimum atomic E-state index is -0.253. The lowest BCUT2D eigenvalue weighted by Gasteiger charge is -2.00. The Morgan fingerprint density at radius 3 is 3.00 bits per heavy atom. The molecular weight excluding hydrogens is 258 g/mol. The summed E-state index contributed by atoms with van der Waals surface area (Å²) in [4.78, 5) is 23.6. The van der Waals surface area contributed by atoms with Gasteiger partial charge in [-0.15, -0.1) is 0 Å². The fraction of sp³-hybridized carbons (Fsp3) is 0.200. The van der Waals surface area contributed by atoms with Crippen molar-refractivity contribution in [2.24, 2.45) is 0 Å². The fourth-order valence-electron chi connectivity index (χ4n) is 1.72. The molecule has 2 rings (SSSR count). The molecule has 5 nitrogen and oxygen atoms in total. The zero-order valence-corrected chi connectivity index (χ0v) is 11.1. The van der Waals surface area contributed by atoms with Crippen LogP contribution in [0.4, 0.5) is 0 Å². The molecule has 5 heteroatoms. The van der Waals surface area contributed by atoms with Crippen LogP contribution in [0.25, 0.3) is 17.0 Å². The van der Waals surface area contributed by atoms with Crippen molar-refractivity contribution in [2.75, 3.05) is 6.54 Å². The monoisotopic (exact) mass is 273 g/mol. The Balaban J connectivity index is 2.30. The van der Waals surface area contributed by atoms with Crippen molar-refractivity contribution in [1.29, 1.82) is 0 Å². The van der Waals surface area contributed by atoms with Crippen LogP contribution in [0, 0.1) is 0 Å². The second kappa shape index (κ2) is 6.06. The highest BCUT2D eigenvalue weighted by Gasteiger charge is 2.05. The van der Waals surface area contributed by atoms with Crippen LogP contribution < -0.4 is 10.7 Å². The van der Waals surface area contributed by atoms with Crippen LogP contribution in [0.3, 0.4) is 0 Å². The van der Waals surface area contributed by atoms with E-state index < -0.39 is 0 Å². The quantitative estimate of drug-likeness (QED) is 0.835. The topological polar surface area (TPSA) is 79.5 Å². The maximum absolute atomic E-state index is 12.1. The highest BCUT2D eigenvalue weighted by atomic mass is 16.3. The summed E-state index contributed by atoms with van der Waals surface area (Å²) in [7, 11) is 0. The predicted molar refractivity (Wildman–Crippen MR) is 76.5 cm³/mol. The summed E-state index contributed by atoms with van der Waals surface area (Å²) >= 11 is 0. The van der Waals surface area contributed by atoms with Crippen LogP contribution in [0.1, 0.15) is 18.9 Å². The van der Waals surface area contributed by atoms with E-state index in [0.29, 0.717) is 17.5 Å². The molecule has 0 unspecified atom stereocenters. The van der Waals surface area contributed by atoms with E-state index in [4.69, 9.17) is 4.42 Å². The molecule has 2 aromatic rings. The number of hydrogen-bond acceptors (Lipinski definition) is 4. The Morgan fingerprint density at radius 2 is 2.25 bits per heavy atom. The Labute approximate surface area is 115 Å². The molecule has 1 aromatic heterocycles. The number of benzene rings is 1. The van der Waals surface area contributed by atoms with E-state index in [1.54, 1.807) is 0 Å². The molecule has 104 valence electrons. The number of hydrogen-bond donors (Lipinski definition) is 2. The summed E-state index contributed by atoms with van der Waals surface area (Å²) in [6.45, 7) is 2.55. The molecule has 0 radical (unpaired) electrons. The van der Waals surface area contributed by atoms with Crippen molar-refractivity contribution in [2.45, 2.75) is 13.3 Å². The lowest BCUT2D eigenvalue weighted by atomic mass is 10.1. The number of nitrogens with one attached hydrogen (secondary N) is 1. The van der Waals surface area contributed by atoms with Crippen LogP contribution in [0.5, 0.6) is 5.75 Å². The molecule has 0 aliphatic heterocycles. The van der Waals surface area contributed by atoms with Gasteiger partial charge in [0.1, 0.15) is 17.6 Å². The number of carbonyl (C=O) groups excluding carboxylic acids is 1. The van der Waals surface area contributed by atoms with E-state index in [1.165, 1.54) is 36.6 Å². The summed E-state index contributed by atoms with van der Waals surface area (Å²) in [6.07, 6.45) is 4.84. The zero-order valence-electron chi connectivity index (χ0n) is 11.1. The van der Waals surface area contributed by atoms with Crippen molar-refractivity contribution >= 4 is 23.0 Å². The van der Waals surface area contributed by atoms with Crippen LogP contribution in [-0.2, 0) is 4.79 Å². The highest BCUT2D eigenvalue weighted by Crippen LogP contribution is 2.17. The Kier molecular flexibility index (Phi) is 4.20. The Bertz CT molecular complexity index is 715. The van der Waals surface area contributed by atoms with Crippen molar-refractivity contribution in [3.8, 4) is 5.75 Å². The van der Waals surface area contributed by atoms with Crippen molar-refractivity contribution in [3.63, 3.8) is 0 Å². The van der Waals surface area contributed by atoms with Gasteiger partial charge in [-0.2, -0.15) is 0 Å². The second-order valence-electron chi connectivity index (χ2n) is 4.32. The lowest BCUT2D eigenvalue weighted by Crippen LogP contribution is -2.21. The van der Waals surface area contributed by atoms with E-state index in [9.17, 15) is 14.7 Å². The lowest BCUT2D eigenvalue weighted by molar-refractivity contribution is -0.116. The summed E-state index contributed by atoms with van der Waals surface area (Å²) in [6, 6.07) is 4.28. The van der Waals surface area contributed by atoms with E-state index in [0.717, 1.165) is 6.42 Å². The first kappa shape index (κ1) is 13.9. The number of aromatic hydroxyl groups is 1. The van der Waals surface area contributed by atoms with Crippen LogP contribution in [-0.4, -0.2) is 17.6 Å². The molecule has 1 amide bonds. The third kappa shape index (κ3) is 3.06. The summed E-state index contributed by atoms with van der Waals surface area (Å²) < 4.78 is 5.27.